The standard InChI is InChI=1S/C14H16N2O5/c17-14(2-1-8-21-16(18)19)15-7-5-11-3-4-12-6-9-20-13(12)10-11/h3-4,6,9-10H,1-2,5,7-8H2,(H,15,17). The van der Waals surface area contributed by atoms with Gasteiger partial charge in [0.05, 0.1) is 12.9 Å². The fraction of sp³-hybridized carbons (Fsp3) is 0.357. The number of carbonyl (C=O) groups excluding carboxylic acids is 1. The topological polar surface area (TPSA) is 94.6 Å². The van der Waals surface area contributed by atoms with E-state index < -0.39 is 5.09 Å². The molecule has 0 aliphatic rings. The number of amides is 1. The largest absolute Gasteiger partial charge is 0.464 e. The van der Waals surface area contributed by atoms with Crippen molar-refractivity contribution in [3.8, 4) is 0 Å². The zero-order valence-electron chi connectivity index (χ0n) is 11.4. The van der Waals surface area contributed by atoms with E-state index in [0.29, 0.717) is 19.4 Å². The highest BCUT2D eigenvalue weighted by Gasteiger charge is 2.03. The van der Waals surface area contributed by atoms with Gasteiger partial charge in [-0.1, -0.05) is 12.1 Å². The third kappa shape index (κ3) is 4.79. The Morgan fingerprint density at radius 2 is 2.24 bits per heavy atom. The fourth-order valence-corrected chi connectivity index (χ4v) is 1.96. The normalized spacial score (nSPS) is 10.5. The van der Waals surface area contributed by atoms with E-state index in [9.17, 15) is 14.9 Å². The molecule has 2 aromatic rings. The van der Waals surface area contributed by atoms with Crippen molar-refractivity contribution in [3.05, 3.63) is 46.2 Å². The van der Waals surface area contributed by atoms with E-state index in [-0.39, 0.29) is 18.9 Å². The second kappa shape index (κ2) is 7.28. The Morgan fingerprint density at radius 1 is 1.38 bits per heavy atom. The molecule has 0 spiro atoms. The maximum absolute atomic E-state index is 11.5. The summed E-state index contributed by atoms with van der Waals surface area (Å²) in [6.07, 6.45) is 2.88. The minimum absolute atomic E-state index is 0.0599. The van der Waals surface area contributed by atoms with E-state index in [1.807, 2.05) is 24.3 Å². The summed E-state index contributed by atoms with van der Waals surface area (Å²) in [6.45, 7) is 0.455. The highest BCUT2D eigenvalue weighted by Crippen LogP contribution is 2.16. The second-order valence-corrected chi connectivity index (χ2v) is 4.55. The van der Waals surface area contributed by atoms with Gasteiger partial charge in [0.2, 0.25) is 5.91 Å². The predicted octanol–water partition coefficient (Wildman–Crippen LogP) is 2.08. The van der Waals surface area contributed by atoms with Gasteiger partial charge < -0.3 is 14.6 Å². The molecule has 2 rings (SSSR count). The van der Waals surface area contributed by atoms with Crippen LogP contribution in [-0.2, 0) is 16.1 Å². The van der Waals surface area contributed by atoms with Gasteiger partial charge in [0.25, 0.3) is 5.09 Å². The molecule has 0 aliphatic heterocycles. The molecular weight excluding hydrogens is 276 g/mol. The van der Waals surface area contributed by atoms with Crippen molar-refractivity contribution in [3.63, 3.8) is 0 Å². The Bertz CT molecular complexity index is 623. The zero-order chi connectivity index (χ0) is 15.1. The Kier molecular flexibility index (Phi) is 5.14. The van der Waals surface area contributed by atoms with Crippen LogP contribution in [0, 0.1) is 10.1 Å². The predicted molar refractivity (Wildman–Crippen MR) is 75.1 cm³/mol. The number of hydrogen-bond donors (Lipinski definition) is 1. The van der Waals surface area contributed by atoms with Gasteiger partial charge >= 0.3 is 0 Å². The second-order valence-electron chi connectivity index (χ2n) is 4.55. The van der Waals surface area contributed by atoms with Crippen molar-refractivity contribution in [2.75, 3.05) is 13.2 Å². The van der Waals surface area contributed by atoms with Crippen LogP contribution in [0.1, 0.15) is 18.4 Å². The summed E-state index contributed by atoms with van der Waals surface area (Å²) in [7, 11) is 0. The molecule has 0 radical (unpaired) electrons. The molecule has 0 saturated carbocycles. The van der Waals surface area contributed by atoms with Crippen LogP contribution in [0.15, 0.2) is 34.9 Å². The lowest BCUT2D eigenvalue weighted by molar-refractivity contribution is -0.757. The van der Waals surface area contributed by atoms with E-state index in [0.717, 1.165) is 16.5 Å². The molecule has 7 nitrogen and oxygen atoms in total. The van der Waals surface area contributed by atoms with Gasteiger partial charge in [0.15, 0.2) is 0 Å². The van der Waals surface area contributed by atoms with Crippen molar-refractivity contribution in [1.29, 1.82) is 0 Å². The SMILES string of the molecule is O=C(CCCO[N+](=O)[O-])NCCc1ccc2ccoc2c1. The third-order valence-electron chi connectivity index (χ3n) is 3.00. The van der Waals surface area contributed by atoms with E-state index >= 15 is 0 Å². The molecule has 0 aliphatic carbocycles. The average molecular weight is 292 g/mol. The average Bonchev–Trinajstić information content (AvgIpc) is 2.91. The lowest BCUT2D eigenvalue weighted by Crippen LogP contribution is -2.25. The van der Waals surface area contributed by atoms with Gasteiger partial charge in [-0.2, -0.15) is 0 Å². The van der Waals surface area contributed by atoms with E-state index in [1.54, 1.807) is 6.26 Å². The number of nitrogens with zero attached hydrogens (tertiary/aromatic N) is 1. The van der Waals surface area contributed by atoms with E-state index in [4.69, 9.17) is 4.42 Å². The summed E-state index contributed by atoms with van der Waals surface area (Å²) >= 11 is 0. The van der Waals surface area contributed by atoms with Gasteiger partial charge in [-0.25, -0.2) is 0 Å². The zero-order valence-corrected chi connectivity index (χ0v) is 11.4. The number of rotatable bonds is 8. The molecule has 1 N–H and O–H groups in total. The summed E-state index contributed by atoms with van der Waals surface area (Å²) in [5.74, 6) is -0.138. The number of fused-ring (bicyclic) bond motifs is 1. The first-order valence-corrected chi connectivity index (χ1v) is 6.65. The Labute approximate surface area is 121 Å². The van der Waals surface area contributed by atoms with E-state index in [1.165, 1.54) is 0 Å². The third-order valence-corrected chi connectivity index (χ3v) is 3.00. The molecule has 21 heavy (non-hydrogen) atoms. The first-order chi connectivity index (χ1) is 10.1. The lowest BCUT2D eigenvalue weighted by atomic mass is 10.1. The van der Waals surface area contributed by atoms with Crippen LogP contribution >= 0.6 is 0 Å². The molecule has 0 fully saturated rings. The van der Waals surface area contributed by atoms with Gasteiger partial charge in [-0.15, -0.1) is 10.1 Å². The van der Waals surface area contributed by atoms with Crippen molar-refractivity contribution in [1.82, 2.24) is 5.32 Å². The van der Waals surface area contributed by atoms with Gasteiger partial charge in [-0.05, 0) is 30.5 Å². The van der Waals surface area contributed by atoms with Crippen molar-refractivity contribution < 1.29 is 19.1 Å². The molecule has 112 valence electrons. The van der Waals surface area contributed by atoms with Crippen LogP contribution in [0.4, 0.5) is 0 Å². The van der Waals surface area contributed by atoms with Crippen LogP contribution in [0.2, 0.25) is 0 Å². The quantitative estimate of drug-likeness (QED) is 0.456. The summed E-state index contributed by atoms with van der Waals surface area (Å²) in [5.41, 5.74) is 1.91. The number of carbonyl (C=O) groups is 1. The number of furan rings is 1. The Morgan fingerprint density at radius 3 is 3.05 bits per heavy atom. The molecular formula is C14H16N2O5. The Hall–Kier alpha value is -2.57. The summed E-state index contributed by atoms with van der Waals surface area (Å²) in [5, 5.41) is 12.9. The minimum Gasteiger partial charge on any atom is -0.464 e. The van der Waals surface area contributed by atoms with Crippen LogP contribution in [0.25, 0.3) is 11.0 Å². The fourth-order valence-electron chi connectivity index (χ4n) is 1.96. The van der Waals surface area contributed by atoms with Crippen molar-refractivity contribution in [2.45, 2.75) is 19.3 Å². The van der Waals surface area contributed by atoms with Crippen molar-refractivity contribution >= 4 is 16.9 Å². The highest BCUT2D eigenvalue weighted by molar-refractivity contribution is 5.78. The number of benzene rings is 1. The highest BCUT2D eigenvalue weighted by atomic mass is 16.9. The first kappa shape index (κ1) is 14.8. The maximum atomic E-state index is 11.5. The smallest absolute Gasteiger partial charge is 0.294 e. The van der Waals surface area contributed by atoms with Gasteiger partial charge in [-0.3, -0.25) is 4.79 Å². The molecule has 0 bridgehead atoms. The molecule has 0 atom stereocenters. The van der Waals surface area contributed by atoms with Crippen LogP contribution in [0.5, 0.6) is 0 Å². The molecule has 1 amide bonds. The summed E-state index contributed by atoms with van der Waals surface area (Å²) < 4.78 is 5.31. The minimum atomic E-state index is -0.858. The first-order valence-electron chi connectivity index (χ1n) is 6.65. The molecule has 1 heterocycles. The Balaban J connectivity index is 1.66. The summed E-state index contributed by atoms with van der Waals surface area (Å²) in [6, 6.07) is 7.82. The van der Waals surface area contributed by atoms with Gasteiger partial charge in [0.1, 0.15) is 5.58 Å². The number of nitrogens with one attached hydrogen (secondary N) is 1. The summed E-state index contributed by atoms with van der Waals surface area (Å²) in [4.78, 5) is 25.5. The molecule has 1 aromatic carbocycles. The van der Waals surface area contributed by atoms with Crippen molar-refractivity contribution in [2.24, 2.45) is 0 Å². The molecule has 1 aromatic heterocycles. The van der Waals surface area contributed by atoms with Gasteiger partial charge in [0, 0.05) is 18.4 Å². The molecule has 7 heteroatoms. The molecule has 0 saturated heterocycles. The maximum Gasteiger partial charge on any atom is 0.294 e. The van der Waals surface area contributed by atoms with E-state index in [2.05, 4.69) is 10.2 Å². The van der Waals surface area contributed by atoms with Crippen LogP contribution in [0.3, 0.4) is 0 Å². The van der Waals surface area contributed by atoms with Crippen LogP contribution < -0.4 is 5.32 Å². The number of hydrogen-bond acceptors (Lipinski definition) is 5. The lowest BCUT2D eigenvalue weighted by Gasteiger charge is -2.05. The molecule has 0 unspecified atom stereocenters. The monoisotopic (exact) mass is 292 g/mol. The van der Waals surface area contributed by atoms with Crippen LogP contribution in [-0.4, -0.2) is 24.1 Å².